The number of aromatic amines is 3. The van der Waals surface area contributed by atoms with Crippen molar-refractivity contribution < 1.29 is 0 Å². The van der Waals surface area contributed by atoms with Gasteiger partial charge >= 0.3 is 0 Å². The molecule has 1 aliphatic heterocycles. The third kappa shape index (κ3) is 2.54. The Bertz CT molecular complexity index is 998. The van der Waals surface area contributed by atoms with Crippen molar-refractivity contribution in [2.75, 3.05) is 6.54 Å². The van der Waals surface area contributed by atoms with Crippen LogP contribution in [0.1, 0.15) is 22.5 Å². The molecule has 0 saturated heterocycles. The Labute approximate surface area is 138 Å². The summed E-state index contributed by atoms with van der Waals surface area (Å²) in [6.07, 6.45) is 0.824. The molecule has 0 fully saturated rings. The fraction of sp³-hybridized carbons (Fsp3) is 0.294. The molecular weight excluding hydrogens is 308 g/mol. The number of nitrogens with zero attached hydrogens (tertiary/aromatic N) is 1. The topological polar surface area (TPSA) is 67.7 Å². The van der Waals surface area contributed by atoms with Gasteiger partial charge in [-0.05, 0) is 30.8 Å². The molecule has 1 aliphatic rings. The van der Waals surface area contributed by atoms with Crippen molar-refractivity contribution in [1.82, 2.24) is 19.9 Å². The van der Waals surface area contributed by atoms with Gasteiger partial charge in [0, 0.05) is 48.3 Å². The fourth-order valence-electron chi connectivity index (χ4n) is 3.41. The molecule has 4 rings (SSSR count). The van der Waals surface area contributed by atoms with E-state index in [4.69, 9.17) is 12.2 Å². The number of aromatic nitrogens is 3. The van der Waals surface area contributed by atoms with Crippen LogP contribution in [0.25, 0.3) is 10.9 Å². The highest BCUT2D eigenvalue weighted by Gasteiger charge is 2.21. The molecule has 0 amide bonds. The third-order valence-corrected chi connectivity index (χ3v) is 4.80. The van der Waals surface area contributed by atoms with Crippen LogP contribution in [0.5, 0.6) is 0 Å². The van der Waals surface area contributed by atoms with E-state index in [1.165, 1.54) is 22.2 Å². The predicted molar refractivity (Wildman–Crippen MR) is 93.1 cm³/mol. The van der Waals surface area contributed by atoms with E-state index in [2.05, 4.69) is 45.0 Å². The summed E-state index contributed by atoms with van der Waals surface area (Å²) in [6.45, 7) is 4.51. The lowest BCUT2D eigenvalue weighted by atomic mass is 10.1. The third-order valence-electron chi connectivity index (χ3n) is 4.60. The van der Waals surface area contributed by atoms with Crippen LogP contribution >= 0.6 is 12.2 Å². The maximum absolute atomic E-state index is 12.1. The molecule has 3 aromatic rings. The molecule has 5 nitrogen and oxygen atoms in total. The predicted octanol–water partition coefficient (Wildman–Crippen LogP) is 2.78. The maximum atomic E-state index is 12.1. The summed E-state index contributed by atoms with van der Waals surface area (Å²) in [6, 6.07) is 8.36. The van der Waals surface area contributed by atoms with Crippen molar-refractivity contribution in [1.29, 1.82) is 0 Å². The van der Waals surface area contributed by atoms with Gasteiger partial charge in [0.1, 0.15) is 0 Å². The van der Waals surface area contributed by atoms with Gasteiger partial charge in [-0.2, -0.15) is 0 Å². The lowest BCUT2D eigenvalue weighted by molar-refractivity contribution is 0.242. The number of H-pyrrole nitrogens is 3. The van der Waals surface area contributed by atoms with Crippen molar-refractivity contribution in [3.05, 3.63) is 61.9 Å². The van der Waals surface area contributed by atoms with Crippen molar-refractivity contribution >= 4 is 23.1 Å². The van der Waals surface area contributed by atoms with E-state index in [-0.39, 0.29) is 5.56 Å². The van der Waals surface area contributed by atoms with Crippen molar-refractivity contribution in [2.45, 2.75) is 26.4 Å². The summed E-state index contributed by atoms with van der Waals surface area (Å²) >= 11 is 5.05. The summed E-state index contributed by atoms with van der Waals surface area (Å²) in [4.78, 5) is 23.7. The SMILES string of the molecule is Cc1[nH]c2ccccc2c1CN1CCc2[nH]c(=S)[nH]c(=O)c2C1. The highest BCUT2D eigenvalue weighted by atomic mass is 32.1. The van der Waals surface area contributed by atoms with Crippen molar-refractivity contribution in [3.8, 4) is 0 Å². The largest absolute Gasteiger partial charge is 0.358 e. The minimum atomic E-state index is -0.0656. The zero-order valence-corrected chi connectivity index (χ0v) is 13.7. The number of nitrogens with one attached hydrogen (secondary N) is 3. The summed E-state index contributed by atoms with van der Waals surface area (Å²) < 4.78 is 0.412. The van der Waals surface area contributed by atoms with Gasteiger partial charge in [-0.25, -0.2) is 0 Å². The van der Waals surface area contributed by atoms with E-state index in [9.17, 15) is 4.79 Å². The van der Waals surface area contributed by atoms with Gasteiger partial charge in [0.2, 0.25) is 0 Å². The summed E-state index contributed by atoms with van der Waals surface area (Å²) in [5.74, 6) is 0. The molecule has 3 N–H and O–H groups in total. The lowest BCUT2D eigenvalue weighted by Gasteiger charge is -2.27. The smallest absolute Gasteiger partial charge is 0.256 e. The number of fused-ring (bicyclic) bond motifs is 2. The van der Waals surface area contributed by atoms with Gasteiger partial charge in [-0.3, -0.25) is 14.7 Å². The van der Waals surface area contributed by atoms with Crippen LogP contribution in [0.3, 0.4) is 0 Å². The lowest BCUT2D eigenvalue weighted by Crippen LogP contribution is -2.35. The van der Waals surface area contributed by atoms with Gasteiger partial charge < -0.3 is 9.97 Å². The molecule has 6 heteroatoms. The van der Waals surface area contributed by atoms with E-state index in [1.807, 2.05) is 6.07 Å². The molecule has 2 aromatic heterocycles. The molecule has 0 unspecified atom stereocenters. The Kier molecular flexibility index (Phi) is 3.43. The van der Waals surface area contributed by atoms with E-state index in [1.54, 1.807) is 0 Å². The number of hydrogen-bond acceptors (Lipinski definition) is 3. The minimum absolute atomic E-state index is 0.0656. The Morgan fingerprint density at radius 2 is 2.04 bits per heavy atom. The van der Waals surface area contributed by atoms with Crippen LogP contribution in [-0.4, -0.2) is 26.4 Å². The van der Waals surface area contributed by atoms with Crippen LogP contribution in [0, 0.1) is 11.7 Å². The summed E-state index contributed by atoms with van der Waals surface area (Å²) in [5, 5.41) is 1.26. The molecule has 1 aromatic carbocycles. The summed E-state index contributed by atoms with van der Waals surface area (Å²) in [5.41, 5.74) is 5.39. The van der Waals surface area contributed by atoms with Gasteiger partial charge in [0.05, 0.1) is 5.56 Å². The van der Waals surface area contributed by atoms with E-state index < -0.39 is 0 Å². The van der Waals surface area contributed by atoms with Crippen LogP contribution < -0.4 is 5.56 Å². The molecular formula is C17H18N4OS. The van der Waals surface area contributed by atoms with E-state index >= 15 is 0 Å². The van der Waals surface area contributed by atoms with Gasteiger partial charge in [0.15, 0.2) is 4.77 Å². The Morgan fingerprint density at radius 1 is 1.22 bits per heavy atom. The van der Waals surface area contributed by atoms with Crippen LogP contribution in [0.4, 0.5) is 0 Å². The second-order valence-electron chi connectivity index (χ2n) is 6.10. The van der Waals surface area contributed by atoms with E-state index in [0.717, 1.165) is 30.8 Å². The molecule has 0 radical (unpaired) electrons. The maximum Gasteiger partial charge on any atom is 0.256 e. The molecule has 3 heterocycles. The second kappa shape index (κ2) is 5.47. The zero-order chi connectivity index (χ0) is 16.0. The molecule has 23 heavy (non-hydrogen) atoms. The number of aryl methyl sites for hydroxylation is 1. The average molecular weight is 326 g/mol. The molecule has 118 valence electrons. The first-order valence-corrected chi connectivity index (χ1v) is 8.15. The van der Waals surface area contributed by atoms with Gasteiger partial charge in [-0.1, -0.05) is 18.2 Å². The van der Waals surface area contributed by atoms with Crippen LogP contribution in [0.2, 0.25) is 0 Å². The fourth-order valence-corrected chi connectivity index (χ4v) is 3.63. The average Bonchev–Trinajstić information content (AvgIpc) is 2.84. The first-order chi connectivity index (χ1) is 11.1. The van der Waals surface area contributed by atoms with Gasteiger partial charge in [-0.15, -0.1) is 0 Å². The van der Waals surface area contributed by atoms with Crippen LogP contribution in [-0.2, 0) is 19.5 Å². The molecule has 0 atom stereocenters. The normalized spacial score (nSPS) is 15.0. The molecule has 0 bridgehead atoms. The summed E-state index contributed by atoms with van der Waals surface area (Å²) in [7, 11) is 0. The Hall–Kier alpha value is -2.18. The first kappa shape index (κ1) is 14.4. The molecule has 0 saturated carbocycles. The quantitative estimate of drug-likeness (QED) is 0.634. The molecule has 0 aliphatic carbocycles. The Balaban J connectivity index is 1.66. The molecule has 0 spiro atoms. The standard InChI is InChI=1S/C17H18N4OS/c1-10-12(11-4-2-3-5-14(11)18-10)8-21-7-6-15-13(9-21)16(22)20-17(23)19-15/h2-5,18H,6-9H2,1H3,(H2,19,20,22,23). The number of rotatable bonds is 2. The van der Waals surface area contributed by atoms with Gasteiger partial charge in [0.25, 0.3) is 5.56 Å². The van der Waals surface area contributed by atoms with E-state index in [0.29, 0.717) is 11.3 Å². The number of benzene rings is 1. The highest BCUT2D eigenvalue weighted by molar-refractivity contribution is 7.71. The highest BCUT2D eigenvalue weighted by Crippen LogP contribution is 2.25. The number of hydrogen-bond donors (Lipinski definition) is 3. The zero-order valence-electron chi connectivity index (χ0n) is 12.9. The minimum Gasteiger partial charge on any atom is -0.358 e. The van der Waals surface area contributed by atoms with Crippen molar-refractivity contribution in [2.24, 2.45) is 0 Å². The Morgan fingerprint density at radius 3 is 2.91 bits per heavy atom. The monoisotopic (exact) mass is 326 g/mol. The van der Waals surface area contributed by atoms with Crippen molar-refractivity contribution in [3.63, 3.8) is 0 Å². The first-order valence-electron chi connectivity index (χ1n) is 7.74. The van der Waals surface area contributed by atoms with Crippen LogP contribution in [0.15, 0.2) is 29.1 Å². The number of para-hydroxylation sites is 1. The second-order valence-corrected chi connectivity index (χ2v) is 6.51.